The predicted octanol–water partition coefficient (Wildman–Crippen LogP) is 3.82. The van der Waals surface area contributed by atoms with Crippen LogP contribution in [0.2, 0.25) is 0 Å². The van der Waals surface area contributed by atoms with Gasteiger partial charge in [0.25, 0.3) is 0 Å². The van der Waals surface area contributed by atoms with Crippen LogP contribution in [0.25, 0.3) is 0 Å². The van der Waals surface area contributed by atoms with Gasteiger partial charge < -0.3 is 10.6 Å². The second kappa shape index (κ2) is 7.62. The lowest BCUT2D eigenvalue weighted by Gasteiger charge is -2.39. The van der Waals surface area contributed by atoms with Crippen molar-refractivity contribution >= 4 is 5.91 Å². The second-order valence-electron chi connectivity index (χ2n) is 8.22. The van der Waals surface area contributed by atoms with Crippen molar-refractivity contribution in [3.8, 4) is 0 Å². The Kier molecular flexibility index (Phi) is 6.71. The molecule has 2 N–H and O–H groups in total. The summed E-state index contributed by atoms with van der Waals surface area (Å²) in [6.45, 7) is 14.0. The fraction of sp³-hybridized carbons (Fsp3) is 0.944. The number of carbonyl (C=O) groups excluding carboxylic acids is 1. The minimum absolute atomic E-state index is 0.238. The first-order valence-electron chi connectivity index (χ1n) is 8.69. The van der Waals surface area contributed by atoms with Crippen molar-refractivity contribution in [2.24, 2.45) is 22.5 Å². The Morgan fingerprint density at radius 1 is 1.24 bits per heavy atom. The summed E-state index contributed by atoms with van der Waals surface area (Å²) < 4.78 is 0. The lowest BCUT2D eigenvalue weighted by molar-refractivity contribution is -0.133. The van der Waals surface area contributed by atoms with Crippen molar-refractivity contribution in [2.75, 3.05) is 19.6 Å². The lowest BCUT2D eigenvalue weighted by Crippen LogP contribution is -2.42. The molecule has 1 atom stereocenters. The molecule has 0 aliphatic carbocycles. The number of rotatable bonds is 6. The average Bonchev–Trinajstić information content (AvgIpc) is 2.42. The Balaban J connectivity index is 2.43. The van der Waals surface area contributed by atoms with Gasteiger partial charge in [-0.25, -0.2) is 0 Å². The first-order valence-corrected chi connectivity index (χ1v) is 8.69. The van der Waals surface area contributed by atoms with E-state index in [4.69, 9.17) is 5.73 Å². The number of amides is 1. The van der Waals surface area contributed by atoms with Gasteiger partial charge in [0.15, 0.2) is 0 Å². The molecular weight excluding hydrogens is 260 g/mol. The van der Waals surface area contributed by atoms with E-state index in [0.29, 0.717) is 30.2 Å². The molecular formula is C18H36N2O. The van der Waals surface area contributed by atoms with Crippen LogP contribution in [0.4, 0.5) is 0 Å². The highest BCUT2D eigenvalue weighted by Crippen LogP contribution is 2.35. The Labute approximate surface area is 131 Å². The highest BCUT2D eigenvalue weighted by atomic mass is 16.2. The van der Waals surface area contributed by atoms with Crippen LogP contribution in [-0.4, -0.2) is 30.4 Å². The van der Waals surface area contributed by atoms with Crippen LogP contribution in [0.1, 0.15) is 73.1 Å². The average molecular weight is 296 g/mol. The molecule has 1 heterocycles. The molecule has 0 spiro atoms. The maximum atomic E-state index is 12.4. The molecule has 1 saturated heterocycles. The molecule has 0 aromatic heterocycles. The van der Waals surface area contributed by atoms with Crippen LogP contribution in [-0.2, 0) is 4.79 Å². The van der Waals surface area contributed by atoms with Crippen LogP contribution in [0.15, 0.2) is 0 Å². The monoisotopic (exact) mass is 296 g/mol. The van der Waals surface area contributed by atoms with Gasteiger partial charge in [0.2, 0.25) is 5.91 Å². The van der Waals surface area contributed by atoms with Crippen LogP contribution in [0, 0.1) is 16.7 Å². The minimum Gasteiger partial charge on any atom is -0.343 e. The molecule has 0 aromatic rings. The SMILES string of the molecule is CCC1(C)CCN(C(=O)CCC(CCN)C(C)(C)C)CC1. The van der Waals surface area contributed by atoms with Gasteiger partial charge in [-0.05, 0) is 49.0 Å². The molecule has 3 nitrogen and oxygen atoms in total. The molecule has 3 heteroatoms. The first kappa shape index (κ1) is 18.5. The number of hydrogen-bond donors (Lipinski definition) is 1. The summed E-state index contributed by atoms with van der Waals surface area (Å²) in [6.07, 6.45) is 6.20. The van der Waals surface area contributed by atoms with Gasteiger partial charge in [0.05, 0.1) is 0 Å². The molecule has 0 bridgehead atoms. The molecule has 1 aliphatic rings. The maximum Gasteiger partial charge on any atom is 0.222 e. The molecule has 1 aliphatic heterocycles. The van der Waals surface area contributed by atoms with Crippen molar-refractivity contribution in [3.63, 3.8) is 0 Å². The van der Waals surface area contributed by atoms with E-state index in [1.165, 1.54) is 6.42 Å². The van der Waals surface area contributed by atoms with Crippen molar-refractivity contribution in [1.82, 2.24) is 4.90 Å². The number of likely N-dealkylation sites (tertiary alicyclic amines) is 1. The van der Waals surface area contributed by atoms with E-state index in [-0.39, 0.29) is 5.41 Å². The Hall–Kier alpha value is -0.570. The van der Waals surface area contributed by atoms with Crippen LogP contribution in [0.3, 0.4) is 0 Å². The summed E-state index contributed by atoms with van der Waals surface area (Å²) in [6, 6.07) is 0. The van der Waals surface area contributed by atoms with Gasteiger partial charge in [-0.1, -0.05) is 41.0 Å². The number of carbonyl (C=O) groups is 1. The molecule has 1 fully saturated rings. The number of nitrogens with zero attached hydrogens (tertiary/aromatic N) is 1. The topological polar surface area (TPSA) is 46.3 Å². The van der Waals surface area contributed by atoms with Crippen molar-refractivity contribution < 1.29 is 4.79 Å². The van der Waals surface area contributed by atoms with Gasteiger partial charge in [-0.15, -0.1) is 0 Å². The largest absolute Gasteiger partial charge is 0.343 e. The Morgan fingerprint density at radius 2 is 1.81 bits per heavy atom. The summed E-state index contributed by atoms with van der Waals surface area (Å²) in [5.41, 5.74) is 6.41. The van der Waals surface area contributed by atoms with E-state index < -0.39 is 0 Å². The maximum absolute atomic E-state index is 12.4. The fourth-order valence-electron chi connectivity index (χ4n) is 3.32. The van der Waals surface area contributed by atoms with Gasteiger partial charge in [0.1, 0.15) is 0 Å². The molecule has 124 valence electrons. The fourth-order valence-corrected chi connectivity index (χ4v) is 3.32. The zero-order chi connectivity index (χ0) is 16.1. The third-order valence-electron chi connectivity index (χ3n) is 5.62. The van der Waals surface area contributed by atoms with E-state index >= 15 is 0 Å². The van der Waals surface area contributed by atoms with E-state index in [0.717, 1.165) is 38.8 Å². The Bertz CT molecular complexity index is 325. The first-order chi connectivity index (χ1) is 9.72. The van der Waals surface area contributed by atoms with Gasteiger partial charge in [0, 0.05) is 19.5 Å². The van der Waals surface area contributed by atoms with Crippen molar-refractivity contribution in [2.45, 2.75) is 73.1 Å². The van der Waals surface area contributed by atoms with E-state index in [1.54, 1.807) is 0 Å². The molecule has 0 radical (unpaired) electrons. The van der Waals surface area contributed by atoms with E-state index in [9.17, 15) is 4.79 Å². The van der Waals surface area contributed by atoms with Gasteiger partial charge in [-0.3, -0.25) is 4.79 Å². The lowest BCUT2D eigenvalue weighted by atomic mass is 9.76. The number of hydrogen-bond acceptors (Lipinski definition) is 2. The van der Waals surface area contributed by atoms with Gasteiger partial charge in [-0.2, -0.15) is 0 Å². The van der Waals surface area contributed by atoms with Crippen molar-refractivity contribution in [3.05, 3.63) is 0 Å². The number of nitrogens with two attached hydrogens (primary N) is 1. The van der Waals surface area contributed by atoms with Gasteiger partial charge >= 0.3 is 0 Å². The van der Waals surface area contributed by atoms with Crippen LogP contribution >= 0.6 is 0 Å². The second-order valence-corrected chi connectivity index (χ2v) is 8.22. The molecule has 1 rings (SSSR count). The third kappa shape index (κ3) is 5.61. The normalized spacial score (nSPS) is 20.4. The zero-order valence-electron chi connectivity index (χ0n) is 14.9. The summed E-state index contributed by atoms with van der Waals surface area (Å²) in [4.78, 5) is 14.5. The third-order valence-corrected chi connectivity index (χ3v) is 5.62. The summed E-state index contributed by atoms with van der Waals surface area (Å²) in [7, 11) is 0. The molecule has 0 saturated carbocycles. The van der Waals surface area contributed by atoms with Crippen molar-refractivity contribution in [1.29, 1.82) is 0 Å². The zero-order valence-corrected chi connectivity index (χ0v) is 14.9. The van der Waals surface area contributed by atoms with Crippen LogP contribution < -0.4 is 5.73 Å². The van der Waals surface area contributed by atoms with E-state index in [2.05, 4.69) is 39.5 Å². The highest BCUT2D eigenvalue weighted by Gasteiger charge is 2.31. The molecule has 1 amide bonds. The minimum atomic E-state index is 0.238. The predicted molar refractivity (Wildman–Crippen MR) is 90.1 cm³/mol. The molecule has 1 unspecified atom stereocenters. The van der Waals surface area contributed by atoms with E-state index in [1.807, 2.05) is 0 Å². The highest BCUT2D eigenvalue weighted by molar-refractivity contribution is 5.76. The number of piperidine rings is 1. The Morgan fingerprint density at radius 3 is 2.24 bits per heavy atom. The standard InChI is InChI=1S/C18H36N2O/c1-6-18(5)10-13-20(14-11-18)16(21)8-7-15(9-12-19)17(2,3)4/h15H,6-14,19H2,1-5H3. The summed E-state index contributed by atoms with van der Waals surface area (Å²) in [5.74, 6) is 0.886. The van der Waals surface area contributed by atoms with Crippen LogP contribution in [0.5, 0.6) is 0 Å². The molecule has 21 heavy (non-hydrogen) atoms. The summed E-state index contributed by atoms with van der Waals surface area (Å²) >= 11 is 0. The smallest absolute Gasteiger partial charge is 0.222 e. The molecule has 0 aromatic carbocycles. The quantitative estimate of drug-likeness (QED) is 0.810. The summed E-state index contributed by atoms with van der Waals surface area (Å²) in [5, 5.41) is 0.